The number of rotatable bonds is 14. The van der Waals surface area contributed by atoms with Crippen LogP contribution in [-0.4, -0.2) is 80.0 Å². The van der Waals surface area contributed by atoms with Gasteiger partial charge >= 0.3 is 30.8 Å². The van der Waals surface area contributed by atoms with Gasteiger partial charge in [-0.15, -0.1) is 0 Å². The first-order chi connectivity index (χ1) is 32.0. The minimum atomic E-state index is -0.938. The SMILES string of the molecule is CCN(CC)c1ccc2c(-c3ccccc3C(=O)O)c3ccc(=[N+](CC)CC)cc-3oc2c1.CCN(CC)c1ccc2c(-c3ccccc3C(=O)O)c3ccc(=[N+](CC)CC)cc-3oc2c1.O.[Cl-].[Cl-].[Li+]. The molecule has 11 nitrogen and oxygen atoms in total. The van der Waals surface area contributed by atoms with Crippen molar-refractivity contribution in [3.63, 3.8) is 0 Å². The Morgan fingerprint density at radius 2 is 0.814 bits per heavy atom. The molecule has 14 heteroatoms. The summed E-state index contributed by atoms with van der Waals surface area (Å²) < 4.78 is 17.5. The molecule has 2 aliphatic heterocycles. The van der Waals surface area contributed by atoms with Crippen LogP contribution < -0.4 is 73.3 Å². The van der Waals surface area contributed by atoms with Crippen molar-refractivity contribution in [3.05, 3.63) is 143 Å². The zero-order valence-corrected chi connectivity index (χ0v) is 43.3. The molecule has 4 aromatic carbocycles. The Balaban J connectivity index is 0.000000350. The third-order valence-electron chi connectivity index (χ3n) is 12.7. The van der Waals surface area contributed by atoms with Crippen molar-refractivity contribution in [2.45, 2.75) is 55.4 Å². The third-order valence-corrected chi connectivity index (χ3v) is 12.7. The molecule has 2 heterocycles. The molecule has 0 bridgehead atoms. The van der Waals surface area contributed by atoms with Crippen LogP contribution in [0.15, 0.2) is 130 Å². The van der Waals surface area contributed by atoms with Crippen LogP contribution in [0.1, 0.15) is 76.1 Å². The van der Waals surface area contributed by atoms with Gasteiger partial charge in [-0.1, -0.05) is 36.4 Å². The maximum absolute atomic E-state index is 12.1. The van der Waals surface area contributed by atoms with E-state index in [-0.39, 0.29) is 60.3 Å². The Labute approximate surface area is 435 Å². The van der Waals surface area contributed by atoms with E-state index in [1.54, 1.807) is 24.3 Å². The second-order valence-electron chi connectivity index (χ2n) is 16.1. The maximum atomic E-state index is 12.1. The van der Waals surface area contributed by atoms with Gasteiger partial charge in [0.15, 0.2) is 0 Å². The van der Waals surface area contributed by atoms with E-state index in [9.17, 15) is 19.8 Å². The third kappa shape index (κ3) is 11.7. The Morgan fingerprint density at radius 1 is 0.471 bits per heavy atom. The number of hydrogen-bond donors (Lipinski definition) is 2. The van der Waals surface area contributed by atoms with Gasteiger partial charge in [0.05, 0.1) is 23.3 Å². The van der Waals surface area contributed by atoms with Gasteiger partial charge in [0.1, 0.15) is 48.9 Å². The van der Waals surface area contributed by atoms with E-state index in [0.717, 1.165) is 130 Å². The largest absolute Gasteiger partial charge is 1.00 e. The molecule has 0 unspecified atom stereocenters. The smallest absolute Gasteiger partial charge is 1.00 e. The van der Waals surface area contributed by atoms with Crippen molar-refractivity contribution in [3.8, 4) is 44.9 Å². The van der Waals surface area contributed by atoms with Gasteiger partial charge in [-0.05, 0) is 115 Å². The second-order valence-corrected chi connectivity index (χ2v) is 16.1. The fourth-order valence-electron chi connectivity index (χ4n) is 9.23. The molecule has 0 fully saturated rings. The average molecular weight is 983 g/mol. The standard InChI is InChI=1S/2C28H30N2O3.2ClH.Li.H2O/c2*1-5-29(6-2)19-13-15-23-25(17-19)33-26-18-20(30(7-3)8-4)14-16-24(26)27(23)21-11-9-10-12-22(21)28(31)32;;;;/h2*9-18H,5-8H2,1-4H3;2*1H;;1H2/q;;;;+1;. The van der Waals surface area contributed by atoms with Crippen molar-refractivity contribution in [1.82, 2.24) is 9.15 Å². The summed E-state index contributed by atoms with van der Waals surface area (Å²) in [5, 5.41) is 23.8. The van der Waals surface area contributed by atoms with Gasteiger partial charge in [-0.3, -0.25) is 0 Å². The van der Waals surface area contributed by atoms with Crippen LogP contribution in [0.25, 0.3) is 66.8 Å². The summed E-state index contributed by atoms with van der Waals surface area (Å²) in [4.78, 5) is 28.7. The number of benzene rings is 6. The van der Waals surface area contributed by atoms with Gasteiger partial charge < -0.3 is 59.1 Å². The molecule has 0 spiro atoms. The van der Waals surface area contributed by atoms with Crippen molar-refractivity contribution in [1.29, 1.82) is 0 Å². The first-order valence-electron chi connectivity index (χ1n) is 23.4. The van der Waals surface area contributed by atoms with Gasteiger partial charge in [-0.25, -0.2) is 18.7 Å². The summed E-state index contributed by atoms with van der Waals surface area (Å²) in [6, 6.07) is 39.2. The number of carbonyl (C=O) groups is 2. The molecule has 0 atom stereocenters. The number of anilines is 2. The molecule has 70 heavy (non-hydrogen) atoms. The molecular weight excluding hydrogens is 918 g/mol. The molecule has 4 aromatic rings. The average Bonchev–Trinajstić information content (AvgIpc) is 3.34. The molecule has 8 rings (SSSR count). The maximum Gasteiger partial charge on any atom is 1.00 e. The first-order valence-corrected chi connectivity index (χ1v) is 23.4. The van der Waals surface area contributed by atoms with E-state index in [1.807, 2.05) is 24.3 Å². The van der Waals surface area contributed by atoms with Gasteiger partial charge in [0, 0.05) is 94.8 Å². The van der Waals surface area contributed by atoms with Crippen LogP contribution in [0, 0.1) is 0 Å². The van der Waals surface area contributed by atoms with Gasteiger partial charge in [0.25, 0.3) is 0 Å². The number of halogens is 2. The fraction of sp³-hybridized carbons (Fsp3) is 0.286. The molecule has 364 valence electrons. The number of fused-ring (bicyclic) bond motifs is 4. The molecule has 0 saturated carbocycles. The number of nitrogens with zero attached hydrogens (tertiary/aromatic N) is 4. The van der Waals surface area contributed by atoms with Gasteiger partial charge in [-0.2, -0.15) is 0 Å². The topological polar surface area (TPSA) is 145 Å². The Morgan fingerprint density at radius 3 is 1.13 bits per heavy atom. The predicted octanol–water partition coefficient (Wildman–Crippen LogP) is 1.31. The van der Waals surface area contributed by atoms with Crippen molar-refractivity contribution >= 4 is 45.3 Å². The molecule has 4 aliphatic rings. The normalized spacial score (nSPS) is 10.5. The van der Waals surface area contributed by atoms with E-state index in [2.05, 4.69) is 147 Å². The Hall–Kier alpha value is -6.06. The number of carboxylic acids is 2. The molecule has 0 amide bonds. The monoisotopic (exact) mass is 981 g/mol. The summed E-state index contributed by atoms with van der Waals surface area (Å²) in [6.07, 6.45) is 0. The van der Waals surface area contributed by atoms with Crippen LogP contribution in [0.5, 0.6) is 0 Å². The molecule has 0 aromatic heterocycles. The van der Waals surface area contributed by atoms with E-state index < -0.39 is 11.9 Å². The van der Waals surface area contributed by atoms with E-state index in [0.29, 0.717) is 11.1 Å². The molecule has 0 radical (unpaired) electrons. The number of hydrogen-bond acceptors (Lipinski definition) is 6. The predicted molar refractivity (Wildman–Crippen MR) is 274 cm³/mol. The minimum absolute atomic E-state index is 0. The van der Waals surface area contributed by atoms with E-state index >= 15 is 0 Å². The van der Waals surface area contributed by atoms with E-state index in [4.69, 9.17) is 8.83 Å². The number of carboxylic acid groups (broad SMARTS) is 2. The fourth-order valence-corrected chi connectivity index (χ4v) is 9.23. The molecule has 4 N–H and O–H groups in total. The second kappa shape index (κ2) is 26.2. The minimum Gasteiger partial charge on any atom is -1.00 e. The Kier molecular flexibility index (Phi) is 21.8. The van der Waals surface area contributed by atoms with Crippen LogP contribution in [0.4, 0.5) is 11.4 Å². The Bertz CT molecular complexity index is 2920. The van der Waals surface area contributed by atoms with E-state index in [1.165, 1.54) is 0 Å². The van der Waals surface area contributed by atoms with Crippen molar-refractivity contribution in [2.24, 2.45) is 0 Å². The quantitative estimate of drug-likeness (QED) is 0.0945. The summed E-state index contributed by atoms with van der Waals surface area (Å²) in [5.41, 5.74) is 9.23. The number of aromatic carboxylic acids is 2. The first kappa shape index (κ1) is 58.3. The summed E-state index contributed by atoms with van der Waals surface area (Å²) in [7, 11) is 0. The van der Waals surface area contributed by atoms with Crippen LogP contribution >= 0.6 is 0 Å². The zero-order chi connectivity index (χ0) is 47.1. The molecule has 2 aliphatic carbocycles. The van der Waals surface area contributed by atoms with Gasteiger partial charge in [0.2, 0.25) is 10.7 Å². The van der Waals surface area contributed by atoms with Crippen molar-refractivity contribution < 1.29 is 77.8 Å². The molecular formula is C56H64Cl2LiN4O7+. The van der Waals surface area contributed by atoms with Crippen LogP contribution in [-0.2, 0) is 0 Å². The summed E-state index contributed by atoms with van der Waals surface area (Å²) in [6.45, 7) is 24.3. The van der Waals surface area contributed by atoms with Crippen LogP contribution in [0.2, 0.25) is 0 Å². The van der Waals surface area contributed by atoms with Crippen LogP contribution in [0.3, 0.4) is 0 Å². The summed E-state index contributed by atoms with van der Waals surface area (Å²) >= 11 is 0. The zero-order valence-electron chi connectivity index (χ0n) is 41.8. The molecule has 0 saturated heterocycles. The summed E-state index contributed by atoms with van der Waals surface area (Å²) in [5.74, 6) is -0.378. The van der Waals surface area contributed by atoms with Crippen molar-refractivity contribution in [2.75, 3.05) is 62.2 Å².